The van der Waals surface area contributed by atoms with E-state index in [1.165, 1.54) is 0 Å². The van der Waals surface area contributed by atoms with Gasteiger partial charge in [-0.1, -0.05) is 18.9 Å². The smallest absolute Gasteiger partial charge is 0.330 e. The Morgan fingerprint density at radius 3 is 2.50 bits per heavy atom. The first-order chi connectivity index (χ1) is 6.54. The van der Waals surface area contributed by atoms with Crippen LogP contribution in [0.15, 0.2) is 11.6 Å². The van der Waals surface area contributed by atoms with Crippen molar-refractivity contribution in [3.63, 3.8) is 0 Å². The fraction of sp³-hybridized carbons (Fsp3) is 0.700. The molecule has 0 saturated heterocycles. The van der Waals surface area contributed by atoms with Gasteiger partial charge in [0, 0.05) is 5.57 Å². The van der Waals surface area contributed by atoms with Gasteiger partial charge in [0.05, 0.1) is 0 Å². The highest BCUT2D eigenvalue weighted by Crippen LogP contribution is 2.13. The molecular formula is C10H16Cl2O2. The zero-order valence-corrected chi connectivity index (χ0v) is 9.81. The van der Waals surface area contributed by atoms with Gasteiger partial charge in [-0.15, -0.1) is 23.2 Å². The first-order valence-electron chi connectivity index (χ1n) is 4.72. The molecule has 82 valence electrons. The number of aliphatic carboxylic acids is 1. The predicted octanol–water partition coefficient (Wildman–Crippen LogP) is 3.77. The van der Waals surface area contributed by atoms with E-state index in [1.54, 1.807) is 13.0 Å². The second kappa shape index (κ2) is 8.13. The van der Waals surface area contributed by atoms with E-state index >= 15 is 0 Å². The Bertz CT molecular complexity index is 200. The van der Waals surface area contributed by atoms with Gasteiger partial charge < -0.3 is 5.11 Å². The van der Waals surface area contributed by atoms with E-state index in [1.807, 2.05) is 0 Å². The molecule has 0 aliphatic heterocycles. The van der Waals surface area contributed by atoms with Gasteiger partial charge in [0.15, 0.2) is 0 Å². The molecule has 0 bridgehead atoms. The minimum absolute atomic E-state index is 0.272. The van der Waals surface area contributed by atoms with Crippen molar-refractivity contribution < 1.29 is 9.90 Å². The van der Waals surface area contributed by atoms with Crippen molar-refractivity contribution in [2.75, 3.05) is 0 Å². The Morgan fingerprint density at radius 1 is 1.36 bits per heavy atom. The molecule has 0 fully saturated rings. The molecule has 0 spiro atoms. The molecule has 0 aliphatic rings. The molecule has 0 aromatic heterocycles. The minimum Gasteiger partial charge on any atom is -0.478 e. The van der Waals surface area contributed by atoms with Crippen molar-refractivity contribution in [3.8, 4) is 0 Å². The lowest BCUT2D eigenvalue weighted by molar-refractivity contribution is -0.132. The van der Waals surface area contributed by atoms with Gasteiger partial charge in [-0.05, 0) is 26.2 Å². The van der Waals surface area contributed by atoms with Crippen LogP contribution >= 0.6 is 23.2 Å². The standard InChI is InChI=1S/C10H16Cl2O2/c1-8(10(13)14)6-4-2-3-5-7-9(11)12/h6,9H,2-5,7H2,1H3,(H,13,14). The number of carboxylic acid groups (broad SMARTS) is 1. The van der Waals surface area contributed by atoms with Gasteiger partial charge in [-0.25, -0.2) is 4.79 Å². The highest BCUT2D eigenvalue weighted by molar-refractivity contribution is 6.44. The lowest BCUT2D eigenvalue weighted by Crippen LogP contribution is -1.95. The third kappa shape index (κ3) is 8.39. The van der Waals surface area contributed by atoms with Crippen molar-refractivity contribution in [1.82, 2.24) is 0 Å². The lowest BCUT2D eigenvalue weighted by Gasteiger charge is -2.00. The molecule has 0 aromatic carbocycles. The second-order valence-electron chi connectivity index (χ2n) is 3.22. The quantitative estimate of drug-likeness (QED) is 0.417. The van der Waals surface area contributed by atoms with Crippen LogP contribution in [0.5, 0.6) is 0 Å². The van der Waals surface area contributed by atoms with Crippen LogP contribution in [0.2, 0.25) is 0 Å². The van der Waals surface area contributed by atoms with Crippen molar-refractivity contribution in [2.45, 2.75) is 43.9 Å². The molecule has 0 amide bonds. The van der Waals surface area contributed by atoms with E-state index in [-0.39, 0.29) is 4.84 Å². The lowest BCUT2D eigenvalue weighted by atomic mass is 10.1. The normalized spacial score (nSPS) is 12.1. The number of hydrogen-bond acceptors (Lipinski definition) is 1. The van der Waals surface area contributed by atoms with Gasteiger partial charge >= 0.3 is 5.97 Å². The van der Waals surface area contributed by atoms with E-state index in [4.69, 9.17) is 28.3 Å². The van der Waals surface area contributed by atoms with Crippen molar-refractivity contribution in [3.05, 3.63) is 11.6 Å². The van der Waals surface area contributed by atoms with E-state index in [2.05, 4.69) is 0 Å². The largest absolute Gasteiger partial charge is 0.478 e. The Labute approximate surface area is 94.9 Å². The summed E-state index contributed by atoms with van der Waals surface area (Å²) in [5.41, 5.74) is 0.414. The zero-order chi connectivity index (χ0) is 11.0. The molecule has 4 heteroatoms. The molecule has 14 heavy (non-hydrogen) atoms. The van der Waals surface area contributed by atoms with E-state index < -0.39 is 5.97 Å². The van der Waals surface area contributed by atoms with E-state index in [0.29, 0.717) is 5.57 Å². The van der Waals surface area contributed by atoms with Crippen LogP contribution in [0.3, 0.4) is 0 Å². The van der Waals surface area contributed by atoms with Crippen LogP contribution in [0.4, 0.5) is 0 Å². The van der Waals surface area contributed by atoms with E-state index in [0.717, 1.165) is 32.1 Å². The summed E-state index contributed by atoms with van der Waals surface area (Å²) in [5.74, 6) is -0.841. The molecule has 2 nitrogen and oxygen atoms in total. The van der Waals surface area contributed by atoms with E-state index in [9.17, 15) is 4.79 Å². The Kier molecular flexibility index (Phi) is 8.01. The van der Waals surface area contributed by atoms with Crippen molar-refractivity contribution in [2.24, 2.45) is 0 Å². The fourth-order valence-electron chi connectivity index (χ4n) is 1.03. The topological polar surface area (TPSA) is 37.3 Å². The van der Waals surface area contributed by atoms with Crippen LogP contribution in [-0.4, -0.2) is 15.9 Å². The van der Waals surface area contributed by atoms with Crippen LogP contribution in [0.25, 0.3) is 0 Å². The highest BCUT2D eigenvalue weighted by atomic mass is 35.5. The van der Waals surface area contributed by atoms with Gasteiger partial charge in [0.2, 0.25) is 0 Å². The number of rotatable bonds is 7. The van der Waals surface area contributed by atoms with Crippen LogP contribution < -0.4 is 0 Å². The maximum absolute atomic E-state index is 10.4. The first kappa shape index (κ1) is 13.8. The Morgan fingerprint density at radius 2 is 2.00 bits per heavy atom. The molecule has 0 atom stereocenters. The van der Waals surface area contributed by atoms with Crippen LogP contribution in [0.1, 0.15) is 39.0 Å². The summed E-state index contributed by atoms with van der Waals surface area (Å²) in [5, 5.41) is 8.55. The molecule has 1 N–H and O–H groups in total. The SMILES string of the molecule is CC(=CCCCCCC(Cl)Cl)C(=O)O. The highest BCUT2D eigenvalue weighted by Gasteiger charge is 1.99. The molecule has 0 saturated carbocycles. The summed E-state index contributed by atoms with van der Waals surface area (Å²) in [6.45, 7) is 1.61. The van der Waals surface area contributed by atoms with Gasteiger partial charge in [-0.3, -0.25) is 0 Å². The fourth-order valence-corrected chi connectivity index (χ4v) is 1.33. The number of alkyl halides is 2. The average molecular weight is 239 g/mol. The third-order valence-electron chi connectivity index (χ3n) is 1.91. The average Bonchev–Trinajstić information content (AvgIpc) is 2.09. The number of unbranched alkanes of at least 4 members (excludes halogenated alkanes) is 3. The summed E-state index contributed by atoms with van der Waals surface area (Å²) >= 11 is 11.1. The third-order valence-corrected chi connectivity index (χ3v) is 2.35. The van der Waals surface area contributed by atoms with Crippen molar-refractivity contribution in [1.29, 1.82) is 0 Å². The van der Waals surface area contributed by atoms with Crippen molar-refractivity contribution >= 4 is 29.2 Å². The molecular weight excluding hydrogens is 223 g/mol. The maximum Gasteiger partial charge on any atom is 0.330 e. The van der Waals surface area contributed by atoms with Crippen LogP contribution in [0, 0.1) is 0 Å². The molecule has 0 heterocycles. The zero-order valence-electron chi connectivity index (χ0n) is 8.30. The summed E-state index contributed by atoms with van der Waals surface area (Å²) in [6.07, 6.45) is 6.40. The molecule has 0 radical (unpaired) electrons. The monoisotopic (exact) mass is 238 g/mol. The Balaban J connectivity index is 3.38. The van der Waals surface area contributed by atoms with Gasteiger partial charge in [0.1, 0.15) is 4.84 Å². The minimum atomic E-state index is -0.841. The van der Waals surface area contributed by atoms with Crippen LogP contribution in [-0.2, 0) is 4.79 Å². The number of hydrogen-bond donors (Lipinski definition) is 1. The number of allylic oxidation sites excluding steroid dienone is 1. The summed E-state index contributed by atoms with van der Waals surface area (Å²) in [7, 11) is 0. The first-order valence-corrected chi connectivity index (χ1v) is 5.59. The summed E-state index contributed by atoms with van der Waals surface area (Å²) in [6, 6.07) is 0. The maximum atomic E-state index is 10.4. The summed E-state index contributed by atoms with van der Waals surface area (Å²) < 4.78 is 0. The number of halogens is 2. The Hall–Kier alpha value is -0.210. The number of carboxylic acids is 1. The predicted molar refractivity (Wildman–Crippen MR) is 60.0 cm³/mol. The summed E-state index contributed by atoms with van der Waals surface area (Å²) in [4.78, 5) is 10.1. The molecule has 0 rings (SSSR count). The molecule has 0 aliphatic carbocycles. The van der Waals surface area contributed by atoms with Gasteiger partial charge in [0.25, 0.3) is 0 Å². The molecule has 0 unspecified atom stereocenters. The molecule has 0 aromatic rings. The number of carbonyl (C=O) groups is 1. The second-order valence-corrected chi connectivity index (χ2v) is 4.50. The van der Waals surface area contributed by atoms with Gasteiger partial charge in [-0.2, -0.15) is 0 Å².